The number of halogens is 2. The van der Waals surface area contributed by atoms with E-state index in [1.165, 1.54) is 0 Å². The van der Waals surface area contributed by atoms with Gasteiger partial charge in [-0.2, -0.15) is 0 Å². The predicted octanol–water partition coefficient (Wildman–Crippen LogP) is 2.83. The molecule has 0 aromatic carbocycles. The molecule has 0 amide bonds. The third-order valence-corrected chi connectivity index (χ3v) is 1.95. The van der Waals surface area contributed by atoms with Crippen molar-refractivity contribution in [3.63, 3.8) is 0 Å². The second kappa shape index (κ2) is 4.83. The van der Waals surface area contributed by atoms with Gasteiger partial charge in [0.05, 0.1) is 6.42 Å². The van der Waals surface area contributed by atoms with Gasteiger partial charge in [0, 0.05) is 0 Å². The fourth-order valence-corrected chi connectivity index (χ4v) is 1.24. The van der Waals surface area contributed by atoms with E-state index in [4.69, 9.17) is 28.3 Å². The van der Waals surface area contributed by atoms with Gasteiger partial charge in [0.25, 0.3) is 0 Å². The molecule has 0 rings (SSSR count). The molecule has 66 valence electrons. The lowest BCUT2D eigenvalue weighted by molar-refractivity contribution is -0.137. The highest BCUT2D eigenvalue weighted by Crippen LogP contribution is 2.31. The zero-order chi connectivity index (χ0) is 8.91. The summed E-state index contributed by atoms with van der Waals surface area (Å²) in [6.45, 7) is 2.00. The molecule has 0 aliphatic heterocycles. The molecule has 11 heavy (non-hydrogen) atoms. The Labute approximate surface area is 76.5 Å². The van der Waals surface area contributed by atoms with Crippen LogP contribution < -0.4 is 0 Å². The molecule has 0 saturated carbocycles. The van der Waals surface area contributed by atoms with Crippen LogP contribution in [0.5, 0.6) is 0 Å². The minimum absolute atomic E-state index is 0.184. The van der Waals surface area contributed by atoms with E-state index in [-0.39, 0.29) is 6.42 Å². The van der Waals surface area contributed by atoms with Gasteiger partial charge in [0.15, 0.2) is 0 Å². The SMILES string of the molecule is CCCCC(Cl)(Cl)CC(=O)O. The van der Waals surface area contributed by atoms with Crippen LogP contribution in [0.2, 0.25) is 0 Å². The summed E-state index contributed by atoms with van der Waals surface area (Å²) < 4.78 is -1.08. The Morgan fingerprint density at radius 2 is 2.09 bits per heavy atom. The third-order valence-electron chi connectivity index (χ3n) is 1.31. The van der Waals surface area contributed by atoms with E-state index in [1.807, 2.05) is 6.92 Å². The number of hydrogen-bond acceptors (Lipinski definition) is 1. The molecule has 0 fully saturated rings. The van der Waals surface area contributed by atoms with Crippen molar-refractivity contribution < 1.29 is 9.90 Å². The molecule has 0 spiro atoms. The first-order valence-corrected chi connectivity index (χ1v) is 4.33. The maximum Gasteiger partial charge on any atom is 0.306 e. The second-order valence-corrected chi connectivity index (χ2v) is 4.17. The summed E-state index contributed by atoms with van der Waals surface area (Å²) in [5, 5.41) is 8.38. The number of rotatable bonds is 5. The minimum Gasteiger partial charge on any atom is -0.481 e. The molecule has 0 aromatic heterocycles. The molecule has 0 unspecified atom stereocenters. The number of aliphatic carboxylic acids is 1. The maximum atomic E-state index is 10.2. The molecular weight excluding hydrogens is 187 g/mol. The van der Waals surface area contributed by atoms with Crippen molar-refractivity contribution in [3.05, 3.63) is 0 Å². The molecule has 0 atom stereocenters. The highest BCUT2D eigenvalue weighted by atomic mass is 35.5. The summed E-state index contributed by atoms with van der Waals surface area (Å²) in [6.07, 6.45) is 2.19. The van der Waals surface area contributed by atoms with Crippen LogP contribution in [0.3, 0.4) is 0 Å². The number of carboxylic acids is 1. The van der Waals surface area contributed by atoms with Crippen LogP contribution in [0.1, 0.15) is 32.6 Å². The fraction of sp³-hybridized carbons (Fsp3) is 0.857. The largest absolute Gasteiger partial charge is 0.481 e. The Morgan fingerprint density at radius 1 is 1.55 bits per heavy atom. The standard InChI is InChI=1S/C7H12Cl2O2/c1-2-3-4-7(8,9)5-6(10)11/h2-5H2,1H3,(H,10,11). The Bertz CT molecular complexity index is 134. The fourth-order valence-electron chi connectivity index (χ4n) is 0.745. The molecule has 0 bridgehead atoms. The summed E-state index contributed by atoms with van der Waals surface area (Å²) in [5.41, 5.74) is 0. The number of unbranched alkanes of at least 4 members (excludes halogenated alkanes) is 1. The highest BCUT2D eigenvalue weighted by Gasteiger charge is 2.26. The molecule has 4 heteroatoms. The molecule has 0 radical (unpaired) electrons. The van der Waals surface area contributed by atoms with Crippen LogP contribution in [-0.4, -0.2) is 15.4 Å². The van der Waals surface area contributed by atoms with Crippen LogP contribution in [0.25, 0.3) is 0 Å². The van der Waals surface area contributed by atoms with E-state index in [9.17, 15) is 4.79 Å². The Balaban J connectivity index is 3.70. The van der Waals surface area contributed by atoms with Crippen molar-refractivity contribution in [3.8, 4) is 0 Å². The predicted molar refractivity (Wildman–Crippen MR) is 46.2 cm³/mol. The first-order chi connectivity index (χ1) is 4.98. The Morgan fingerprint density at radius 3 is 2.45 bits per heavy atom. The first-order valence-electron chi connectivity index (χ1n) is 3.57. The number of carbonyl (C=O) groups is 1. The maximum absolute atomic E-state index is 10.2. The van der Waals surface area contributed by atoms with E-state index in [0.29, 0.717) is 6.42 Å². The number of alkyl halides is 2. The van der Waals surface area contributed by atoms with Crippen molar-refractivity contribution in [1.29, 1.82) is 0 Å². The van der Waals surface area contributed by atoms with Crippen molar-refractivity contribution in [1.82, 2.24) is 0 Å². The molecule has 0 aromatic rings. The zero-order valence-corrected chi connectivity index (χ0v) is 7.95. The topological polar surface area (TPSA) is 37.3 Å². The molecule has 0 aliphatic rings. The lowest BCUT2D eigenvalue weighted by Gasteiger charge is -2.15. The monoisotopic (exact) mass is 198 g/mol. The lowest BCUT2D eigenvalue weighted by atomic mass is 10.1. The van der Waals surface area contributed by atoms with E-state index in [2.05, 4.69) is 0 Å². The minimum atomic E-state index is -1.08. The highest BCUT2D eigenvalue weighted by molar-refractivity contribution is 6.49. The Kier molecular flexibility index (Phi) is 4.86. The van der Waals surface area contributed by atoms with Gasteiger partial charge in [-0.1, -0.05) is 19.8 Å². The quantitative estimate of drug-likeness (QED) is 0.691. The van der Waals surface area contributed by atoms with E-state index >= 15 is 0 Å². The van der Waals surface area contributed by atoms with Crippen LogP contribution in [0, 0.1) is 0 Å². The second-order valence-electron chi connectivity index (χ2n) is 2.53. The van der Waals surface area contributed by atoms with Crippen LogP contribution >= 0.6 is 23.2 Å². The van der Waals surface area contributed by atoms with Gasteiger partial charge in [-0.25, -0.2) is 0 Å². The van der Waals surface area contributed by atoms with Crippen molar-refractivity contribution in [2.24, 2.45) is 0 Å². The van der Waals surface area contributed by atoms with Crippen LogP contribution in [0.4, 0.5) is 0 Å². The van der Waals surface area contributed by atoms with Gasteiger partial charge in [-0.15, -0.1) is 23.2 Å². The molecule has 2 nitrogen and oxygen atoms in total. The van der Waals surface area contributed by atoms with Crippen molar-refractivity contribution in [2.75, 3.05) is 0 Å². The van der Waals surface area contributed by atoms with E-state index < -0.39 is 10.3 Å². The summed E-state index contributed by atoms with van der Waals surface area (Å²) in [4.78, 5) is 10.2. The lowest BCUT2D eigenvalue weighted by Crippen LogP contribution is -2.17. The Hall–Kier alpha value is 0.0500. The van der Waals surface area contributed by atoms with Gasteiger partial charge < -0.3 is 5.11 Å². The average molecular weight is 199 g/mol. The van der Waals surface area contributed by atoms with Crippen molar-refractivity contribution >= 4 is 29.2 Å². The smallest absolute Gasteiger partial charge is 0.306 e. The summed E-state index contributed by atoms with van der Waals surface area (Å²) in [5.74, 6) is -0.953. The zero-order valence-electron chi connectivity index (χ0n) is 6.44. The van der Waals surface area contributed by atoms with Gasteiger partial charge in [0.2, 0.25) is 0 Å². The summed E-state index contributed by atoms with van der Waals surface area (Å²) in [7, 11) is 0. The summed E-state index contributed by atoms with van der Waals surface area (Å²) >= 11 is 11.4. The van der Waals surface area contributed by atoms with E-state index in [1.54, 1.807) is 0 Å². The normalized spacial score (nSPS) is 11.5. The van der Waals surface area contributed by atoms with Gasteiger partial charge in [0.1, 0.15) is 4.33 Å². The molecule has 0 heterocycles. The molecule has 0 aliphatic carbocycles. The van der Waals surface area contributed by atoms with Gasteiger partial charge in [-0.3, -0.25) is 4.79 Å². The average Bonchev–Trinajstić information content (AvgIpc) is 1.81. The molecule has 1 N–H and O–H groups in total. The van der Waals surface area contributed by atoms with Crippen LogP contribution in [-0.2, 0) is 4.79 Å². The van der Waals surface area contributed by atoms with Gasteiger partial charge >= 0.3 is 5.97 Å². The first kappa shape index (κ1) is 11.1. The molecular formula is C7H12Cl2O2. The number of carboxylic acid groups (broad SMARTS) is 1. The van der Waals surface area contributed by atoms with Crippen molar-refractivity contribution in [2.45, 2.75) is 36.9 Å². The number of hydrogen-bond donors (Lipinski definition) is 1. The van der Waals surface area contributed by atoms with Gasteiger partial charge in [-0.05, 0) is 6.42 Å². The van der Waals surface area contributed by atoms with Crippen LogP contribution in [0.15, 0.2) is 0 Å². The van der Waals surface area contributed by atoms with E-state index in [0.717, 1.165) is 12.8 Å². The molecule has 0 saturated heterocycles. The summed E-state index contributed by atoms with van der Waals surface area (Å²) in [6, 6.07) is 0. The third kappa shape index (κ3) is 6.45.